The fraction of sp³-hybridized carbons (Fsp3) is 0.353. The van der Waals surface area contributed by atoms with Gasteiger partial charge in [0.05, 0.1) is 5.69 Å². The Labute approximate surface area is 145 Å². The summed E-state index contributed by atoms with van der Waals surface area (Å²) in [6, 6.07) is 8.99. The second-order valence-corrected chi connectivity index (χ2v) is 6.92. The Morgan fingerprint density at radius 3 is 2.46 bits per heavy atom. The number of amides is 1. The number of nitrogens with zero attached hydrogens (tertiary/aromatic N) is 2. The van der Waals surface area contributed by atoms with Crippen LogP contribution < -0.4 is 10.4 Å². The highest BCUT2D eigenvalue weighted by Gasteiger charge is 2.23. The van der Waals surface area contributed by atoms with Gasteiger partial charge in [0.25, 0.3) is 0 Å². The maximum Gasteiger partial charge on any atom is 0.226 e. The van der Waals surface area contributed by atoms with E-state index in [1.54, 1.807) is 43.8 Å². The molecule has 2 rings (SSSR count). The summed E-state index contributed by atoms with van der Waals surface area (Å²) in [6.45, 7) is 3.43. The number of hydrogen-bond donors (Lipinski definition) is 1. The molecule has 128 valence electrons. The van der Waals surface area contributed by atoms with E-state index in [2.05, 4.69) is 10.4 Å². The minimum absolute atomic E-state index is 0.0719. The van der Waals surface area contributed by atoms with Crippen molar-refractivity contribution in [2.24, 2.45) is 12.5 Å². The molecule has 0 saturated carbocycles. The zero-order valence-electron chi connectivity index (χ0n) is 13.8. The van der Waals surface area contributed by atoms with Crippen molar-refractivity contribution < 1.29 is 14.7 Å². The number of rotatable bonds is 6. The first-order valence-corrected chi connectivity index (χ1v) is 7.84. The van der Waals surface area contributed by atoms with Crippen LogP contribution in [-0.2, 0) is 16.6 Å². The van der Waals surface area contributed by atoms with Gasteiger partial charge in [-0.1, -0.05) is 37.6 Å². The minimum Gasteiger partial charge on any atom is -0.550 e. The zero-order valence-corrected chi connectivity index (χ0v) is 14.6. The molecule has 0 saturated heterocycles. The Morgan fingerprint density at radius 1 is 1.25 bits per heavy atom. The summed E-state index contributed by atoms with van der Waals surface area (Å²) in [4.78, 5) is 22.9. The lowest BCUT2D eigenvalue weighted by Gasteiger charge is -2.24. The van der Waals surface area contributed by atoms with Crippen LogP contribution >= 0.6 is 11.6 Å². The maximum atomic E-state index is 12.2. The topological polar surface area (TPSA) is 87.0 Å². The molecule has 24 heavy (non-hydrogen) atoms. The van der Waals surface area contributed by atoms with E-state index < -0.39 is 11.4 Å². The molecule has 6 nitrogen and oxygen atoms in total. The maximum absolute atomic E-state index is 12.2. The molecule has 1 amide bonds. The molecule has 1 aromatic heterocycles. The average Bonchev–Trinajstić information content (AvgIpc) is 2.78. The lowest BCUT2D eigenvalue weighted by Crippen LogP contribution is -2.31. The number of carbonyl (C=O) groups is 2. The lowest BCUT2D eigenvalue weighted by atomic mass is 9.85. The second kappa shape index (κ2) is 7.05. The number of carboxylic acids is 1. The van der Waals surface area contributed by atoms with Crippen LogP contribution in [0.1, 0.15) is 26.7 Å². The third-order valence-electron chi connectivity index (χ3n) is 3.55. The Hall–Kier alpha value is -2.34. The third-order valence-corrected chi connectivity index (χ3v) is 3.80. The summed E-state index contributed by atoms with van der Waals surface area (Å²) in [7, 11) is 1.72. The molecule has 0 aliphatic carbocycles. The molecule has 0 atom stereocenters. The fourth-order valence-corrected chi connectivity index (χ4v) is 2.55. The van der Waals surface area contributed by atoms with Crippen molar-refractivity contribution in [2.45, 2.75) is 26.7 Å². The van der Waals surface area contributed by atoms with Gasteiger partial charge in [-0.05, 0) is 24.0 Å². The quantitative estimate of drug-likeness (QED) is 0.867. The minimum atomic E-state index is -1.17. The normalized spacial score (nSPS) is 11.3. The molecule has 0 radical (unpaired) electrons. The van der Waals surface area contributed by atoms with Crippen LogP contribution in [0.2, 0.25) is 5.02 Å². The van der Waals surface area contributed by atoms with Gasteiger partial charge in [0.2, 0.25) is 5.91 Å². The van der Waals surface area contributed by atoms with E-state index >= 15 is 0 Å². The van der Waals surface area contributed by atoms with Gasteiger partial charge in [-0.25, -0.2) is 0 Å². The highest BCUT2D eigenvalue weighted by atomic mass is 35.5. The van der Waals surface area contributed by atoms with Crippen molar-refractivity contribution in [3.05, 3.63) is 35.4 Å². The first kappa shape index (κ1) is 18.0. The first-order chi connectivity index (χ1) is 11.2. The summed E-state index contributed by atoms with van der Waals surface area (Å²) < 4.78 is 1.56. The molecule has 0 unspecified atom stereocenters. The molecule has 0 fully saturated rings. The number of aryl methyl sites for hydroxylation is 1. The van der Waals surface area contributed by atoms with Crippen molar-refractivity contribution in [3.8, 4) is 11.3 Å². The van der Waals surface area contributed by atoms with E-state index in [1.807, 2.05) is 12.1 Å². The van der Waals surface area contributed by atoms with Gasteiger partial charge in [-0.15, -0.1) is 0 Å². The molecule has 7 heteroatoms. The molecule has 1 heterocycles. The molecular formula is C17H19ClN3O3-. The average molecular weight is 349 g/mol. The van der Waals surface area contributed by atoms with Crippen molar-refractivity contribution in [2.75, 3.05) is 5.32 Å². The highest BCUT2D eigenvalue weighted by molar-refractivity contribution is 6.30. The van der Waals surface area contributed by atoms with E-state index in [-0.39, 0.29) is 18.7 Å². The number of carboxylic acid groups (broad SMARTS) is 1. The van der Waals surface area contributed by atoms with Crippen LogP contribution in [0.4, 0.5) is 5.82 Å². The van der Waals surface area contributed by atoms with E-state index in [0.29, 0.717) is 16.5 Å². The molecule has 0 bridgehead atoms. The van der Waals surface area contributed by atoms with Gasteiger partial charge in [0.15, 0.2) is 0 Å². The number of benzene rings is 1. The van der Waals surface area contributed by atoms with E-state index in [1.165, 1.54) is 0 Å². The Kier molecular flexibility index (Phi) is 5.29. The summed E-state index contributed by atoms with van der Waals surface area (Å²) in [5, 5.41) is 18.5. The predicted octanol–water partition coefficient (Wildman–Crippen LogP) is 2.24. The second-order valence-electron chi connectivity index (χ2n) is 6.48. The zero-order chi connectivity index (χ0) is 17.9. The predicted molar refractivity (Wildman–Crippen MR) is 90.3 cm³/mol. The molecule has 2 aromatic rings. The van der Waals surface area contributed by atoms with Gasteiger partial charge in [0.1, 0.15) is 5.82 Å². The van der Waals surface area contributed by atoms with E-state index in [0.717, 1.165) is 5.56 Å². The van der Waals surface area contributed by atoms with Gasteiger partial charge >= 0.3 is 0 Å². The first-order valence-electron chi connectivity index (χ1n) is 7.46. The Morgan fingerprint density at radius 2 is 1.88 bits per heavy atom. The van der Waals surface area contributed by atoms with Gasteiger partial charge < -0.3 is 15.2 Å². The van der Waals surface area contributed by atoms with Crippen LogP contribution in [0.3, 0.4) is 0 Å². The standard InChI is InChI=1S/C17H20ClN3O3/c1-17(2,10-16(23)24)9-15(22)19-14-8-13(20-21(14)3)11-4-6-12(18)7-5-11/h4-8H,9-10H2,1-3H3,(H,19,22)(H,23,24)/p-1. The van der Waals surface area contributed by atoms with Crippen LogP contribution in [0.15, 0.2) is 30.3 Å². The van der Waals surface area contributed by atoms with Crippen molar-refractivity contribution >= 4 is 29.3 Å². The van der Waals surface area contributed by atoms with Crippen LogP contribution in [0, 0.1) is 5.41 Å². The number of aliphatic carboxylic acids is 1. The number of halogens is 1. The Balaban J connectivity index is 2.09. The smallest absolute Gasteiger partial charge is 0.226 e. The summed E-state index contributed by atoms with van der Waals surface area (Å²) in [5.74, 6) is -0.903. The number of carbonyl (C=O) groups excluding carboxylic acids is 2. The Bertz CT molecular complexity index is 751. The number of hydrogen-bond acceptors (Lipinski definition) is 4. The fourth-order valence-electron chi connectivity index (χ4n) is 2.42. The van der Waals surface area contributed by atoms with Crippen LogP contribution in [0.25, 0.3) is 11.3 Å². The summed E-state index contributed by atoms with van der Waals surface area (Å²) in [6.07, 6.45) is -0.107. The van der Waals surface area contributed by atoms with Gasteiger partial charge in [-0.3, -0.25) is 9.48 Å². The highest BCUT2D eigenvalue weighted by Crippen LogP contribution is 2.26. The SMILES string of the molecule is Cn1nc(-c2ccc(Cl)cc2)cc1NC(=O)CC(C)(C)CC(=O)[O-]. The molecule has 1 aromatic carbocycles. The van der Waals surface area contributed by atoms with Gasteiger partial charge in [0, 0.05) is 36.1 Å². The van der Waals surface area contributed by atoms with E-state index in [4.69, 9.17) is 11.6 Å². The lowest BCUT2D eigenvalue weighted by molar-refractivity contribution is -0.307. The number of nitrogens with one attached hydrogen (secondary N) is 1. The monoisotopic (exact) mass is 348 g/mol. The van der Waals surface area contributed by atoms with Crippen LogP contribution in [0.5, 0.6) is 0 Å². The molecule has 1 N–H and O–H groups in total. The van der Waals surface area contributed by atoms with Gasteiger partial charge in [-0.2, -0.15) is 5.10 Å². The molecule has 0 aliphatic rings. The third kappa shape index (κ3) is 4.83. The van der Waals surface area contributed by atoms with Crippen LogP contribution in [-0.4, -0.2) is 21.7 Å². The number of anilines is 1. The van der Waals surface area contributed by atoms with Crippen molar-refractivity contribution in [1.82, 2.24) is 9.78 Å². The molecular weight excluding hydrogens is 330 g/mol. The summed E-state index contributed by atoms with van der Waals surface area (Å²) in [5.41, 5.74) is 0.909. The molecule has 0 aliphatic heterocycles. The largest absolute Gasteiger partial charge is 0.550 e. The summed E-state index contributed by atoms with van der Waals surface area (Å²) >= 11 is 5.87. The van der Waals surface area contributed by atoms with Crippen molar-refractivity contribution in [1.29, 1.82) is 0 Å². The van der Waals surface area contributed by atoms with E-state index in [9.17, 15) is 14.7 Å². The number of aromatic nitrogens is 2. The van der Waals surface area contributed by atoms with Crippen molar-refractivity contribution in [3.63, 3.8) is 0 Å². The molecule has 0 spiro atoms.